The van der Waals surface area contributed by atoms with Gasteiger partial charge in [-0.25, -0.2) is 0 Å². The lowest BCUT2D eigenvalue weighted by atomic mass is 10.2. The minimum absolute atomic E-state index is 0.111. The molecule has 0 spiro atoms. The Morgan fingerprint density at radius 2 is 2.60 bits per heavy atom. The van der Waals surface area contributed by atoms with Gasteiger partial charge in [-0.3, -0.25) is 0 Å². The largest absolute Gasteiger partial charge is 0.316 e. The molecule has 2 N–H and O–H groups in total. The maximum Gasteiger partial charge on any atom is 0.0659 e. The SMILES string of the molecule is CCC(NO)c1cccs1. The van der Waals surface area contributed by atoms with Gasteiger partial charge in [0.1, 0.15) is 0 Å². The average Bonchev–Trinajstić information content (AvgIpc) is 2.43. The molecule has 0 bridgehead atoms. The maximum absolute atomic E-state index is 8.65. The van der Waals surface area contributed by atoms with Gasteiger partial charge in [0, 0.05) is 4.88 Å². The van der Waals surface area contributed by atoms with Crippen molar-refractivity contribution in [2.24, 2.45) is 0 Å². The normalized spacial score (nSPS) is 13.4. The van der Waals surface area contributed by atoms with Crippen molar-refractivity contribution in [2.75, 3.05) is 0 Å². The molecule has 0 aliphatic heterocycles. The monoisotopic (exact) mass is 157 g/mol. The van der Waals surface area contributed by atoms with Crippen LogP contribution in [-0.2, 0) is 0 Å². The van der Waals surface area contributed by atoms with Crippen LogP contribution in [0.25, 0.3) is 0 Å². The number of hydroxylamine groups is 1. The third-order valence-corrected chi connectivity index (χ3v) is 2.44. The van der Waals surface area contributed by atoms with E-state index in [1.807, 2.05) is 24.4 Å². The Balaban J connectivity index is 2.64. The number of rotatable bonds is 3. The summed E-state index contributed by atoms with van der Waals surface area (Å²) in [4.78, 5) is 1.19. The molecular formula is C7H11NOS. The van der Waals surface area contributed by atoms with Crippen molar-refractivity contribution < 1.29 is 5.21 Å². The molecule has 0 saturated carbocycles. The van der Waals surface area contributed by atoms with Crippen LogP contribution in [0.5, 0.6) is 0 Å². The van der Waals surface area contributed by atoms with E-state index in [0.717, 1.165) is 6.42 Å². The molecule has 0 aromatic carbocycles. The predicted octanol–water partition coefficient (Wildman–Crippen LogP) is 2.18. The molecule has 1 aromatic rings. The maximum atomic E-state index is 8.65. The topological polar surface area (TPSA) is 32.3 Å². The van der Waals surface area contributed by atoms with Crippen LogP contribution >= 0.6 is 11.3 Å². The molecule has 0 radical (unpaired) electrons. The highest BCUT2D eigenvalue weighted by Gasteiger charge is 2.06. The van der Waals surface area contributed by atoms with Crippen molar-refractivity contribution in [3.8, 4) is 0 Å². The number of hydrogen-bond acceptors (Lipinski definition) is 3. The first-order chi connectivity index (χ1) is 4.88. The first-order valence-corrected chi connectivity index (χ1v) is 4.19. The third-order valence-electron chi connectivity index (χ3n) is 1.45. The molecule has 0 amide bonds. The van der Waals surface area contributed by atoms with Crippen molar-refractivity contribution in [3.05, 3.63) is 22.4 Å². The second-order valence-corrected chi connectivity index (χ2v) is 3.08. The van der Waals surface area contributed by atoms with E-state index in [9.17, 15) is 0 Å². The molecule has 10 heavy (non-hydrogen) atoms. The summed E-state index contributed by atoms with van der Waals surface area (Å²) in [5, 5.41) is 10.7. The third kappa shape index (κ3) is 1.56. The molecule has 3 heteroatoms. The molecular weight excluding hydrogens is 146 g/mol. The zero-order valence-electron chi connectivity index (χ0n) is 5.87. The fourth-order valence-electron chi connectivity index (χ4n) is 0.846. The van der Waals surface area contributed by atoms with Crippen LogP contribution in [-0.4, -0.2) is 5.21 Å². The van der Waals surface area contributed by atoms with Crippen molar-refractivity contribution >= 4 is 11.3 Å². The Morgan fingerprint density at radius 3 is 3.00 bits per heavy atom. The van der Waals surface area contributed by atoms with E-state index < -0.39 is 0 Å². The molecule has 1 heterocycles. The summed E-state index contributed by atoms with van der Waals surface area (Å²) in [5.41, 5.74) is 2.26. The van der Waals surface area contributed by atoms with Gasteiger partial charge in [-0.05, 0) is 17.9 Å². The minimum atomic E-state index is 0.111. The van der Waals surface area contributed by atoms with E-state index in [0.29, 0.717) is 0 Å². The molecule has 1 rings (SSSR count). The van der Waals surface area contributed by atoms with Gasteiger partial charge >= 0.3 is 0 Å². The molecule has 1 unspecified atom stereocenters. The second-order valence-electron chi connectivity index (χ2n) is 2.11. The number of hydrogen-bond donors (Lipinski definition) is 2. The summed E-state index contributed by atoms with van der Waals surface area (Å²) in [6.45, 7) is 2.04. The van der Waals surface area contributed by atoms with Crippen LogP contribution in [0.3, 0.4) is 0 Å². The average molecular weight is 157 g/mol. The van der Waals surface area contributed by atoms with Crippen LogP contribution in [0, 0.1) is 0 Å². The Hall–Kier alpha value is -0.380. The Labute approximate surface area is 64.5 Å². The zero-order chi connectivity index (χ0) is 7.40. The Bertz CT molecular complexity index is 170. The van der Waals surface area contributed by atoms with Crippen LogP contribution in [0.4, 0.5) is 0 Å². The fourth-order valence-corrected chi connectivity index (χ4v) is 1.70. The van der Waals surface area contributed by atoms with Crippen molar-refractivity contribution in [2.45, 2.75) is 19.4 Å². The van der Waals surface area contributed by atoms with E-state index in [-0.39, 0.29) is 6.04 Å². The summed E-state index contributed by atoms with van der Waals surface area (Å²) < 4.78 is 0. The summed E-state index contributed by atoms with van der Waals surface area (Å²) in [7, 11) is 0. The van der Waals surface area contributed by atoms with Gasteiger partial charge in [-0.1, -0.05) is 13.0 Å². The van der Waals surface area contributed by atoms with E-state index in [1.165, 1.54) is 4.88 Å². The Kier molecular flexibility index (Phi) is 2.86. The lowest BCUT2D eigenvalue weighted by Crippen LogP contribution is -2.14. The number of thiophene rings is 1. The Morgan fingerprint density at radius 1 is 1.80 bits per heavy atom. The molecule has 0 aliphatic rings. The number of nitrogens with one attached hydrogen (secondary N) is 1. The standard InChI is InChI=1S/C7H11NOS/c1-2-6(8-9)7-4-3-5-10-7/h3-6,8-9H,2H2,1H3. The highest BCUT2D eigenvalue weighted by Crippen LogP contribution is 2.20. The van der Waals surface area contributed by atoms with Gasteiger partial charge in [-0.15, -0.1) is 11.3 Å². The summed E-state index contributed by atoms with van der Waals surface area (Å²) >= 11 is 1.66. The molecule has 0 aliphatic carbocycles. The first-order valence-electron chi connectivity index (χ1n) is 3.31. The zero-order valence-corrected chi connectivity index (χ0v) is 6.69. The smallest absolute Gasteiger partial charge is 0.0659 e. The lowest BCUT2D eigenvalue weighted by molar-refractivity contribution is 0.125. The molecule has 56 valence electrons. The molecule has 0 saturated heterocycles. The van der Waals surface area contributed by atoms with Crippen LogP contribution in [0.1, 0.15) is 24.3 Å². The lowest BCUT2D eigenvalue weighted by Gasteiger charge is -2.08. The van der Waals surface area contributed by atoms with Gasteiger partial charge in [-0.2, -0.15) is 5.48 Å². The van der Waals surface area contributed by atoms with Crippen molar-refractivity contribution in [3.63, 3.8) is 0 Å². The molecule has 2 nitrogen and oxygen atoms in total. The highest BCUT2D eigenvalue weighted by atomic mass is 32.1. The van der Waals surface area contributed by atoms with E-state index in [1.54, 1.807) is 11.3 Å². The summed E-state index contributed by atoms with van der Waals surface area (Å²) in [6, 6.07) is 4.11. The van der Waals surface area contributed by atoms with Gasteiger partial charge < -0.3 is 5.21 Å². The fraction of sp³-hybridized carbons (Fsp3) is 0.429. The second kappa shape index (κ2) is 3.71. The molecule has 1 aromatic heterocycles. The van der Waals surface area contributed by atoms with Crippen molar-refractivity contribution in [1.82, 2.24) is 5.48 Å². The highest BCUT2D eigenvalue weighted by molar-refractivity contribution is 7.10. The van der Waals surface area contributed by atoms with Gasteiger partial charge in [0.25, 0.3) is 0 Å². The van der Waals surface area contributed by atoms with Crippen LogP contribution in [0.2, 0.25) is 0 Å². The van der Waals surface area contributed by atoms with E-state index >= 15 is 0 Å². The summed E-state index contributed by atoms with van der Waals surface area (Å²) in [6.07, 6.45) is 0.914. The summed E-state index contributed by atoms with van der Waals surface area (Å²) in [5.74, 6) is 0. The van der Waals surface area contributed by atoms with Crippen LogP contribution in [0.15, 0.2) is 17.5 Å². The van der Waals surface area contributed by atoms with Gasteiger partial charge in [0.05, 0.1) is 6.04 Å². The van der Waals surface area contributed by atoms with E-state index in [4.69, 9.17) is 5.21 Å². The van der Waals surface area contributed by atoms with Gasteiger partial charge in [0.15, 0.2) is 0 Å². The molecule has 0 fully saturated rings. The predicted molar refractivity (Wildman–Crippen MR) is 42.3 cm³/mol. The first kappa shape index (κ1) is 7.72. The quantitative estimate of drug-likeness (QED) is 0.659. The van der Waals surface area contributed by atoms with Gasteiger partial charge in [0.2, 0.25) is 0 Å². The van der Waals surface area contributed by atoms with E-state index in [2.05, 4.69) is 5.48 Å². The van der Waals surface area contributed by atoms with Crippen molar-refractivity contribution in [1.29, 1.82) is 0 Å². The van der Waals surface area contributed by atoms with Crippen LogP contribution < -0.4 is 5.48 Å². The molecule has 1 atom stereocenters. The minimum Gasteiger partial charge on any atom is -0.316 e.